The number of likely N-dealkylation sites (tertiary alicyclic amines) is 1. The van der Waals surface area contributed by atoms with Gasteiger partial charge in [-0.25, -0.2) is 0 Å². The van der Waals surface area contributed by atoms with Gasteiger partial charge in [0.05, 0.1) is 13.2 Å². The monoisotopic (exact) mass is 437 g/mol. The van der Waals surface area contributed by atoms with E-state index in [1.54, 1.807) is 0 Å². The predicted molar refractivity (Wildman–Crippen MR) is 129 cm³/mol. The van der Waals surface area contributed by atoms with Crippen molar-refractivity contribution in [3.63, 3.8) is 0 Å². The van der Waals surface area contributed by atoms with Gasteiger partial charge in [-0.2, -0.15) is 0 Å². The number of hydrogen-bond donors (Lipinski definition) is 2. The van der Waals surface area contributed by atoms with Gasteiger partial charge < -0.3 is 20.3 Å². The molecule has 2 amide bonds. The summed E-state index contributed by atoms with van der Waals surface area (Å²) in [5, 5.41) is 6.01. The molecule has 1 heterocycles. The van der Waals surface area contributed by atoms with E-state index < -0.39 is 0 Å². The van der Waals surface area contributed by atoms with Crippen LogP contribution in [0.4, 0.5) is 11.4 Å². The number of hydrogen-bond acceptors (Lipinski definition) is 4. The van der Waals surface area contributed by atoms with Crippen molar-refractivity contribution in [1.29, 1.82) is 0 Å². The number of ether oxygens (including phenoxy) is 1. The van der Waals surface area contributed by atoms with Crippen molar-refractivity contribution in [3.05, 3.63) is 54.1 Å². The maximum atomic E-state index is 12.6. The summed E-state index contributed by atoms with van der Waals surface area (Å²) in [4.78, 5) is 26.8. The van der Waals surface area contributed by atoms with Crippen molar-refractivity contribution in [2.45, 2.75) is 51.9 Å². The van der Waals surface area contributed by atoms with Crippen molar-refractivity contribution in [1.82, 2.24) is 4.90 Å². The summed E-state index contributed by atoms with van der Waals surface area (Å²) in [6, 6.07) is 14.8. The number of carbonyl (C=O) groups excluding carboxylic acids is 2. The minimum atomic E-state index is -0.155. The molecule has 0 aliphatic carbocycles. The van der Waals surface area contributed by atoms with Gasteiger partial charge in [0, 0.05) is 36.1 Å². The van der Waals surface area contributed by atoms with Crippen LogP contribution in [0.15, 0.2) is 48.5 Å². The van der Waals surface area contributed by atoms with Gasteiger partial charge in [0.1, 0.15) is 5.75 Å². The average Bonchev–Trinajstić information content (AvgIpc) is 3.35. The molecule has 2 aromatic carbocycles. The first kappa shape index (κ1) is 23.6. The Bertz CT molecular complexity index is 878. The Morgan fingerprint density at radius 2 is 1.69 bits per heavy atom. The number of anilines is 2. The maximum absolute atomic E-state index is 12.6. The predicted octanol–water partition coefficient (Wildman–Crippen LogP) is 5.32. The van der Waals surface area contributed by atoms with Gasteiger partial charge in [-0.1, -0.05) is 44.7 Å². The second-order valence-corrected chi connectivity index (χ2v) is 8.27. The summed E-state index contributed by atoms with van der Waals surface area (Å²) in [6.45, 7) is 4.65. The summed E-state index contributed by atoms with van der Waals surface area (Å²) < 4.78 is 5.81. The molecule has 1 aliphatic rings. The summed E-state index contributed by atoms with van der Waals surface area (Å²) in [6.07, 6.45) is 8.11. The molecule has 0 saturated carbocycles. The normalized spacial score (nSPS) is 13.1. The third-order valence-electron chi connectivity index (χ3n) is 5.59. The molecule has 0 atom stereocenters. The molecule has 2 aromatic rings. The van der Waals surface area contributed by atoms with Crippen LogP contribution in [0.1, 0.15) is 62.2 Å². The molecular formula is C26H35N3O3. The van der Waals surface area contributed by atoms with E-state index in [0.29, 0.717) is 17.9 Å². The molecule has 3 rings (SSSR count). The minimum absolute atomic E-state index is 0.0535. The van der Waals surface area contributed by atoms with Crippen LogP contribution in [0, 0.1) is 0 Å². The Kier molecular flexibility index (Phi) is 9.41. The molecule has 0 unspecified atom stereocenters. The van der Waals surface area contributed by atoms with Gasteiger partial charge in [0.2, 0.25) is 5.91 Å². The quantitative estimate of drug-likeness (QED) is 0.441. The van der Waals surface area contributed by atoms with E-state index in [4.69, 9.17) is 4.74 Å². The van der Waals surface area contributed by atoms with Crippen molar-refractivity contribution < 1.29 is 14.3 Å². The number of rotatable bonds is 12. The largest absolute Gasteiger partial charge is 0.494 e. The SMILES string of the molecule is CCCCCCCOc1cccc(NC(=O)CNc2cccc(C(=O)N3CCCC3)c2)c1. The first-order valence-electron chi connectivity index (χ1n) is 11.8. The number of benzene rings is 2. The molecule has 1 saturated heterocycles. The van der Waals surface area contributed by atoms with Crippen LogP contribution in [0.5, 0.6) is 5.75 Å². The van der Waals surface area contributed by atoms with Crippen LogP contribution in [0.25, 0.3) is 0 Å². The van der Waals surface area contributed by atoms with Crippen molar-refractivity contribution in [3.8, 4) is 5.75 Å². The molecule has 172 valence electrons. The first-order valence-corrected chi connectivity index (χ1v) is 11.8. The lowest BCUT2D eigenvalue weighted by Gasteiger charge is -2.16. The first-order chi connectivity index (χ1) is 15.7. The molecule has 0 radical (unpaired) electrons. The summed E-state index contributed by atoms with van der Waals surface area (Å²) >= 11 is 0. The van der Waals surface area contributed by atoms with Gasteiger partial charge in [-0.15, -0.1) is 0 Å². The third-order valence-corrected chi connectivity index (χ3v) is 5.59. The van der Waals surface area contributed by atoms with Crippen LogP contribution >= 0.6 is 0 Å². The third kappa shape index (κ3) is 7.59. The molecule has 6 heteroatoms. The second kappa shape index (κ2) is 12.7. The van der Waals surface area contributed by atoms with Gasteiger partial charge in [-0.05, 0) is 49.6 Å². The summed E-state index contributed by atoms with van der Waals surface area (Å²) in [7, 11) is 0. The second-order valence-electron chi connectivity index (χ2n) is 8.27. The zero-order valence-electron chi connectivity index (χ0n) is 19.1. The number of nitrogens with zero attached hydrogens (tertiary/aromatic N) is 1. The zero-order chi connectivity index (χ0) is 22.6. The van der Waals surface area contributed by atoms with Crippen LogP contribution < -0.4 is 15.4 Å². The zero-order valence-corrected chi connectivity index (χ0v) is 19.1. The smallest absolute Gasteiger partial charge is 0.253 e. The van der Waals surface area contributed by atoms with E-state index in [0.717, 1.165) is 43.8 Å². The summed E-state index contributed by atoms with van der Waals surface area (Å²) in [5.41, 5.74) is 2.11. The minimum Gasteiger partial charge on any atom is -0.494 e. The topological polar surface area (TPSA) is 70.7 Å². The van der Waals surface area contributed by atoms with Crippen LogP contribution in [0.3, 0.4) is 0 Å². The van der Waals surface area contributed by atoms with Crippen molar-refractivity contribution in [2.24, 2.45) is 0 Å². The highest BCUT2D eigenvalue weighted by atomic mass is 16.5. The molecule has 1 fully saturated rings. The Hall–Kier alpha value is -3.02. The van der Waals surface area contributed by atoms with Crippen LogP contribution in [-0.2, 0) is 4.79 Å². The molecule has 2 N–H and O–H groups in total. The van der Waals surface area contributed by atoms with Crippen LogP contribution in [0.2, 0.25) is 0 Å². The number of unbranched alkanes of at least 4 members (excludes halogenated alkanes) is 4. The molecule has 1 aliphatic heterocycles. The summed E-state index contributed by atoms with van der Waals surface area (Å²) in [5.74, 6) is 0.662. The molecule has 0 aromatic heterocycles. The average molecular weight is 438 g/mol. The Labute approximate surface area is 191 Å². The fraction of sp³-hybridized carbons (Fsp3) is 0.462. The Morgan fingerprint density at radius 3 is 2.50 bits per heavy atom. The standard InChI is InChI=1S/C26H35N3O3/c1-2-3-4-5-8-17-32-24-14-10-13-23(19-24)28-25(30)20-27-22-12-9-11-21(18-22)26(31)29-15-6-7-16-29/h9-14,18-19,27H,2-8,15-17,20H2,1H3,(H,28,30). The van der Waals surface area contributed by atoms with E-state index >= 15 is 0 Å². The van der Waals surface area contributed by atoms with E-state index in [-0.39, 0.29) is 18.4 Å². The van der Waals surface area contributed by atoms with Gasteiger partial charge in [-0.3, -0.25) is 9.59 Å². The van der Waals surface area contributed by atoms with Crippen LogP contribution in [-0.4, -0.2) is 43.0 Å². The number of nitrogens with one attached hydrogen (secondary N) is 2. The van der Waals surface area contributed by atoms with E-state index in [9.17, 15) is 9.59 Å². The molecule has 0 bridgehead atoms. The van der Waals surface area contributed by atoms with Gasteiger partial charge in [0.15, 0.2) is 0 Å². The fourth-order valence-electron chi connectivity index (χ4n) is 3.81. The van der Waals surface area contributed by atoms with E-state index in [1.165, 1.54) is 25.7 Å². The molecular weight excluding hydrogens is 402 g/mol. The maximum Gasteiger partial charge on any atom is 0.253 e. The van der Waals surface area contributed by atoms with Gasteiger partial charge in [0.25, 0.3) is 5.91 Å². The lowest BCUT2D eigenvalue weighted by atomic mass is 10.1. The highest BCUT2D eigenvalue weighted by Gasteiger charge is 2.19. The lowest BCUT2D eigenvalue weighted by molar-refractivity contribution is -0.114. The van der Waals surface area contributed by atoms with Gasteiger partial charge >= 0.3 is 0 Å². The molecule has 32 heavy (non-hydrogen) atoms. The number of amides is 2. The molecule has 6 nitrogen and oxygen atoms in total. The Balaban J connectivity index is 1.44. The fourth-order valence-corrected chi connectivity index (χ4v) is 3.81. The molecule has 0 spiro atoms. The van der Waals surface area contributed by atoms with E-state index in [1.807, 2.05) is 53.4 Å². The number of carbonyl (C=O) groups is 2. The highest BCUT2D eigenvalue weighted by molar-refractivity contribution is 5.96. The van der Waals surface area contributed by atoms with E-state index in [2.05, 4.69) is 17.6 Å². The lowest BCUT2D eigenvalue weighted by Crippen LogP contribution is -2.27. The highest BCUT2D eigenvalue weighted by Crippen LogP contribution is 2.19. The van der Waals surface area contributed by atoms with Crippen molar-refractivity contribution in [2.75, 3.05) is 36.9 Å². The Morgan fingerprint density at radius 1 is 0.938 bits per heavy atom. The van der Waals surface area contributed by atoms with Crippen molar-refractivity contribution >= 4 is 23.2 Å².